The highest BCUT2D eigenvalue weighted by Crippen LogP contribution is 2.39. The van der Waals surface area contributed by atoms with Crippen LogP contribution in [0, 0.1) is 5.92 Å². The molecule has 0 spiro atoms. The zero-order valence-electron chi connectivity index (χ0n) is 16.5. The number of thiophene rings is 1. The van der Waals surface area contributed by atoms with E-state index in [-0.39, 0.29) is 10.7 Å². The number of thiocarbonyl (C=S) groups is 1. The Morgan fingerprint density at radius 1 is 1.21 bits per heavy atom. The molecule has 0 aliphatic heterocycles. The van der Waals surface area contributed by atoms with Crippen LogP contribution in [0.5, 0.6) is 11.5 Å². The fourth-order valence-electron chi connectivity index (χ4n) is 3.47. The Balaban J connectivity index is 1.82. The third-order valence-electron chi connectivity index (χ3n) is 4.87. The summed E-state index contributed by atoms with van der Waals surface area (Å²) >= 11 is 6.77. The first-order valence-corrected chi connectivity index (χ1v) is 10.4. The standard InChI is InChI=1S/C20H23N3O4S2/c1-10-7-8-11-14(9-10)29-19(15(11)17(21)24)23-20(28)22-18(25)16-12(26-2)5-4-6-13(16)27-3/h4-6,10H,7-9H2,1-3H3,(H2,21,24)(H2,22,23,25,28). The molecule has 0 bridgehead atoms. The van der Waals surface area contributed by atoms with Crippen molar-refractivity contribution < 1.29 is 19.1 Å². The van der Waals surface area contributed by atoms with Crippen LogP contribution in [-0.2, 0) is 12.8 Å². The lowest BCUT2D eigenvalue weighted by Gasteiger charge is -2.18. The van der Waals surface area contributed by atoms with Crippen molar-refractivity contribution in [3.05, 3.63) is 39.8 Å². The molecule has 154 valence electrons. The summed E-state index contributed by atoms with van der Waals surface area (Å²) in [6, 6.07) is 5.04. The lowest BCUT2D eigenvalue weighted by molar-refractivity contribution is 0.0969. The van der Waals surface area contributed by atoms with Gasteiger partial charge in [0.15, 0.2) is 5.11 Å². The van der Waals surface area contributed by atoms with Crippen molar-refractivity contribution in [1.29, 1.82) is 0 Å². The zero-order valence-corrected chi connectivity index (χ0v) is 18.1. The molecule has 3 rings (SSSR count). The van der Waals surface area contributed by atoms with E-state index in [0.29, 0.717) is 28.0 Å². The highest BCUT2D eigenvalue weighted by Gasteiger charge is 2.27. The van der Waals surface area contributed by atoms with Gasteiger partial charge in [0.1, 0.15) is 22.1 Å². The Morgan fingerprint density at radius 3 is 2.45 bits per heavy atom. The maximum Gasteiger partial charge on any atom is 0.264 e. The van der Waals surface area contributed by atoms with E-state index in [9.17, 15) is 9.59 Å². The minimum Gasteiger partial charge on any atom is -0.496 e. The van der Waals surface area contributed by atoms with Gasteiger partial charge in [0.2, 0.25) is 0 Å². The van der Waals surface area contributed by atoms with Gasteiger partial charge in [0.25, 0.3) is 11.8 Å². The highest BCUT2D eigenvalue weighted by molar-refractivity contribution is 7.80. The molecular weight excluding hydrogens is 410 g/mol. The SMILES string of the molecule is COc1cccc(OC)c1C(=O)NC(=S)Nc1sc2c(c1C(N)=O)CCC(C)C2. The van der Waals surface area contributed by atoms with Crippen LogP contribution in [0.15, 0.2) is 18.2 Å². The van der Waals surface area contributed by atoms with Crippen LogP contribution in [0.4, 0.5) is 5.00 Å². The van der Waals surface area contributed by atoms with E-state index in [1.165, 1.54) is 25.6 Å². The van der Waals surface area contributed by atoms with E-state index in [0.717, 1.165) is 29.7 Å². The first kappa shape index (κ1) is 21.1. The van der Waals surface area contributed by atoms with Crippen molar-refractivity contribution in [1.82, 2.24) is 5.32 Å². The smallest absolute Gasteiger partial charge is 0.264 e. The van der Waals surface area contributed by atoms with Crippen LogP contribution >= 0.6 is 23.6 Å². The second-order valence-electron chi connectivity index (χ2n) is 6.87. The Morgan fingerprint density at radius 2 is 1.86 bits per heavy atom. The van der Waals surface area contributed by atoms with Crippen LogP contribution < -0.4 is 25.8 Å². The summed E-state index contributed by atoms with van der Waals surface area (Å²) < 4.78 is 10.5. The van der Waals surface area contributed by atoms with Crippen LogP contribution in [0.1, 0.15) is 44.5 Å². The first-order chi connectivity index (χ1) is 13.8. The van der Waals surface area contributed by atoms with E-state index in [4.69, 9.17) is 27.4 Å². The Bertz CT molecular complexity index is 949. The van der Waals surface area contributed by atoms with Gasteiger partial charge in [-0.2, -0.15) is 0 Å². The number of ether oxygens (including phenoxy) is 2. The maximum atomic E-state index is 12.8. The number of carbonyl (C=O) groups excluding carboxylic acids is 2. The number of nitrogens with one attached hydrogen (secondary N) is 2. The van der Waals surface area contributed by atoms with E-state index in [1.54, 1.807) is 18.2 Å². The van der Waals surface area contributed by atoms with Crippen LogP contribution in [0.3, 0.4) is 0 Å². The van der Waals surface area contributed by atoms with Gasteiger partial charge in [0.05, 0.1) is 19.8 Å². The molecule has 1 heterocycles. The number of hydrogen-bond donors (Lipinski definition) is 3. The fraction of sp³-hybridized carbons (Fsp3) is 0.350. The molecule has 0 radical (unpaired) electrons. The molecule has 9 heteroatoms. The average Bonchev–Trinajstić information content (AvgIpc) is 3.03. The summed E-state index contributed by atoms with van der Waals surface area (Å²) in [7, 11) is 2.94. The topological polar surface area (TPSA) is 103 Å². The van der Waals surface area contributed by atoms with Crippen molar-refractivity contribution in [2.75, 3.05) is 19.5 Å². The normalized spacial score (nSPS) is 15.2. The molecule has 0 saturated carbocycles. The molecule has 0 fully saturated rings. The number of methoxy groups -OCH3 is 2. The van der Waals surface area contributed by atoms with E-state index < -0.39 is 11.8 Å². The number of anilines is 1. The van der Waals surface area contributed by atoms with Crippen molar-refractivity contribution in [2.45, 2.75) is 26.2 Å². The molecule has 0 saturated heterocycles. The van der Waals surface area contributed by atoms with Gasteiger partial charge in [-0.05, 0) is 55.1 Å². The molecule has 1 aliphatic carbocycles. The summed E-state index contributed by atoms with van der Waals surface area (Å²) in [5.41, 5.74) is 7.31. The number of fused-ring (bicyclic) bond motifs is 1. The highest BCUT2D eigenvalue weighted by atomic mass is 32.1. The van der Waals surface area contributed by atoms with Gasteiger partial charge in [-0.15, -0.1) is 11.3 Å². The molecule has 2 amide bonds. The zero-order chi connectivity index (χ0) is 21.1. The largest absolute Gasteiger partial charge is 0.496 e. The number of rotatable bonds is 5. The molecule has 29 heavy (non-hydrogen) atoms. The molecule has 7 nitrogen and oxygen atoms in total. The third kappa shape index (κ3) is 4.35. The van der Waals surface area contributed by atoms with Crippen LogP contribution in [0.25, 0.3) is 0 Å². The number of hydrogen-bond acceptors (Lipinski definition) is 6. The van der Waals surface area contributed by atoms with E-state index >= 15 is 0 Å². The van der Waals surface area contributed by atoms with Crippen molar-refractivity contribution in [2.24, 2.45) is 11.7 Å². The Hall–Kier alpha value is -2.65. The van der Waals surface area contributed by atoms with Gasteiger partial charge in [-0.1, -0.05) is 13.0 Å². The summed E-state index contributed by atoms with van der Waals surface area (Å²) in [5.74, 6) is 0.304. The summed E-state index contributed by atoms with van der Waals surface area (Å²) in [6.07, 6.45) is 2.72. The number of amides is 2. The predicted molar refractivity (Wildman–Crippen MR) is 117 cm³/mol. The van der Waals surface area contributed by atoms with Crippen LogP contribution in [0.2, 0.25) is 0 Å². The summed E-state index contributed by atoms with van der Waals surface area (Å²) in [5, 5.41) is 6.23. The second-order valence-corrected chi connectivity index (χ2v) is 8.38. The number of primary amides is 1. The Labute approximate surface area is 178 Å². The summed E-state index contributed by atoms with van der Waals surface area (Å²) in [4.78, 5) is 26.0. The van der Waals surface area contributed by atoms with Gasteiger partial charge in [-0.25, -0.2) is 0 Å². The maximum absolute atomic E-state index is 12.8. The minimum atomic E-state index is -0.500. The average molecular weight is 434 g/mol. The summed E-state index contributed by atoms with van der Waals surface area (Å²) in [6.45, 7) is 2.19. The lowest BCUT2D eigenvalue weighted by atomic mass is 9.88. The van der Waals surface area contributed by atoms with Crippen molar-refractivity contribution >= 4 is 45.5 Å². The predicted octanol–water partition coefficient (Wildman–Crippen LogP) is 3.12. The van der Waals surface area contributed by atoms with E-state index in [1.807, 2.05) is 0 Å². The van der Waals surface area contributed by atoms with Gasteiger partial charge >= 0.3 is 0 Å². The molecule has 1 aromatic heterocycles. The van der Waals surface area contributed by atoms with Crippen LogP contribution in [-0.4, -0.2) is 31.1 Å². The van der Waals surface area contributed by atoms with Crippen molar-refractivity contribution in [3.63, 3.8) is 0 Å². The lowest BCUT2D eigenvalue weighted by Crippen LogP contribution is -2.35. The first-order valence-electron chi connectivity index (χ1n) is 9.13. The molecule has 1 atom stereocenters. The quantitative estimate of drug-likeness (QED) is 0.626. The molecule has 1 unspecified atom stereocenters. The van der Waals surface area contributed by atoms with Crippen molar-refractivity contribution in [3.8, 4) is 11.5 Å². The minimum absolute atomic E-state index is 0.0668. The molecule has 1 aromatic carbocycles. The molecule has 2 aromatic rings. The van der Waals surface area contributed by atoms with Gasteiger partial charge < -0.3 is 20.5 Å². The monoisotopic (exact) mass is 433 g/mol. The molecular formula is C20H23N3O4S2. The van der Waals surface area contributed by atoms with Gasteiger partial charge in [-0.3, -0.25) is 14.9 Å². The number of benzene rings is 1. The molecule has 1 aliphatic rings. The number of carbonyl (C=O) groups is 2. The fourth-order valence-corrected chi connectivity index (χ4v) is 5.15. The van der Waals surface area contributed by atoms with Gasteiger partial charge in [0, 0.05) is 4.88 Å². The number of nitrogens with two attached hydrogens (primary N) is 1. The second kappa shape index (κ2) is 8.79. The Kier molecular flexibility index (Phi) is 6.39. The third-order valence-corrected chi connectivity index (χ3v) is 6.24. The molecule has 4 N–H and O–H groups in total. The van der Waals surface area contributed by atoms with E-state index in [2.05, 4.69) is 17.6 Å².